The topological polar surface area (TPSA) is 102 Å². The summed E-state index contributed by atoms with van der Waals surface area (Å²) in [5, 5.41) is 40.1. The molecule has 8 nitrogen and oxygen atoms in total. The highest BCUT2D eigenvalue weighted by Crippen LogP contribution is 2.31. The summed E-state index contributed by atoms with van der Waals surface area (Å²) in [5.74, 6) is 1.65. The third-order valence-corrected chi connectivity index (χ3v) is 7.12. The van der Waals surface area contributed by atoms with E-state index in [0.717, 1.165) is 11.1 Å². The maximum absolute atomic E-state index is 10.8. The van der Waals surface area contributed by atoms with Crippen molar-refractivity contribution in [3.05, 3.63) is 87.2 Å². The first kappa shape index (κ1) is 23.7. The molecule has 172 valence electrons. The van der Waals surface area contributed by atoms with E-state index in [1.807, 2.05) is 48.5 Å². The molecule has 0 unspecified atom stereocenters. The highest BCUT2D eigenvalue weighted by molar-refractivity contribution is 7.98. The first-order chi connectivity index (χ1) is 15.9. The monoisotopic (exact) mass is 504 g/mol. The minimum atomic E-state index is -1.34. The van der Waals surface area contributed by atoms with Crippen molar-refractivity contribution in [3.63, 3.8) is 0 Å². The molecule has 33 heavy (non-hydrogen) atoms. The van der Waals surface area contributed by atoms with Crippen LogP contribution in [0.5, 0.6) is 0 Å². The van der Waals surface area contributed by atoms with E-state index in [1.165, 1.54) is 11.8 Å². The predicted molar refractivity (Wildman–Crippen MR) is 127 cm³/mol. The zero-order valence-electron chi connectivity index (χ0n) is 17.9. The molecule has 0 saturated heterocycles. The van der Waals surface area contributed by atoms with Crippen molar-refractivity contribution in [1.29, 1.82) is 0 Å². The molecule has 2 heterocycles. The normalized spacial score (nSPS) is 13.3. The Kier molecular flexibility index (Phi) is 7.35. The van der Waals surface area contributed by atoms with Crippen LogP contribution in [0.3, 0.4) is 0 Å². The maximum Gasteiger partial charge on any atom is 0.191 e. The van der Waals surface area contributed by atoms with Crippen LogP contribution in [0.25, 0.3) is 0 Å². The fourth-order valence-corrected chi connectivity index (χ4v) is 4.75. The van der Waals surface area contributed by atoms with Crippen LogP contribution in [0.15, 0.2) is 53.7 Å². The van der Waals surface area contributed by atoms with Gasteiger partial charge in [0.25, 0.3) is 0 Å². The van der Waals surface area contributed by atoms with Gasteiger partial charge in [0.05, 0.1) is 0 Å². The molecule has 0 amide bonds. The molecule has 0 bridgehead atoms. The lowest BCUT2D eigenvalue weighted by atomic mass is 10.1. The van der Waals surface area contributed by atoms with Gasteiger partial charge in [0.2, 0.25) is 0 Å². The van der Waals surface area contributed by atoms with E-state index in [-0.39, 0.29) is 11.6 Å². The summed E-state index contributed by atoms with van der Waals surface area (Å²) in [6, 6.07) is 15.0. The number of hydrogen-bond acceptors (Lipinski definition) is 7. The average Bonchev–Trinajstić information content (AvgIpc) is 3.36. The lowest BCUT2D eigenvalue weighted by molar-refractivity contribution is 0.00263. The highest BCUT2D eigenvalue weighted by Gasteiger charge is 2.30. The van der Waals surface area contributed by atoms with E-state index < -0.39 is 12.2 Å². The van der Waals surface area contributed by atoms with Crippen molar-refractivity contribution in [2.75, 3.05) is 0 Å². The number of aliphatic hydroxyl groups excluding tert-OH is 2. The zero-order valence-corrected chi connectivity index (χ0v) is 20.3. The van der Waals surface area contributed by atoms with E-state index in [2.05, 4.69) is 20.4 Å². The standard InChI is InChI=1S/C22H22Cl2N6O2S/c1-29-17(11-13-7-3-5-9-15(13)23)25-26-20(29)18(31)19(32)21-27-28-22(30(21)2)33-12-14-8-4-6-10-16(14)24/h3-10,18-19,31-32H,11-12H2,1-2H3/t18-,19+/m1/s1. The molecule has 0 saturated carbocycles. The minimum absolute atomic E-state index is 0.220. The number of halogens is 2. The van der Waals surface area contributed by atoms with E-state index in [1.54, 1.807) is 23.2 Å². The SMILES string of the molecule is Cn1c(SCc2ccccc2Cl)nnc1[C@@H](O)[C@@H](O)c1nnc(Cc2ccccc2Cl)n1C. The van der Waals surface area contributed by atoms with Gasteiger partial charge in [0.15, 0.2) is 16.8 Å². The molecular weight excluding hydrogens is 483 g/mol. The molecule has 4 rings (SSSR count). The van der Waals surface area contributed by atoms with Crippen LogP contribution in [-0.4, -0.2) is 39.7 Å². The third-order valence-electron chi connectivity index (χ3n) is 5.32. The minimum Gasteiger partial charge on any atom is -0.382 e. The Labute approximate surface area is 205 Å². The van der Waals surface area contributed by atoms with Crippen LogP contribution in [0.1, 0.15) is 40.8 Å². The summed E-state index contributed by atoms with van der Waals surface area (Å²) in [6.45, 7) is 0. The van der Waals surface area contributed by atoms with Crippen LogP contribution >= 0.6 is 35.0 Å². The number of hydrogen-bond donors (Lipinski definition) is 2. The fourth-order valence-electron chi connectivity index (χ4n) is 3.35. The third kappa shape index (κ3) is 5.07. The maximum atomic E-state index is 10.8. The molecule has 2 atom stereocenters. The quantitative estimate of drug-likeness (QED) is 0.350. The molecule has 4 aromatic rings. The van der Waals surface area contributed by atoms with Gasteiger partial charge < -0.3 is 19.3 Å². The van der Waals surface area contributed by atoms with Crippen molar-refractivity contribution in [2.24, 2.45) is 14.1 Å². The Morgan fingerprint density at radius 1 is 0.788 bits per heavy atom. The Hall–Kier alpha value is -2.43. The van der Waals surface area contributed by atoms with Gasteiger partial charge in [-0.05, 0) is 23.3 Å². The van der Waals surface area contributed by atoms with E-state index in [4.69, 9.17) is 23.2 Å². The Bertz CT molecular complexity index is 1260. The van der Waals surface area contributed by atoms with Crippen molar-refractivity contribution in [1.82, 2.24) is 29.5 Å². The second kappa shape index (κ2) is 10.2. The Balaban J connectivity index is 1.48. The first-order valence-corrected chi connectivity index (χ1v) is 11.8. The van der Waals surface area contributed by atoms with E-state index >= 15 is 0 Å². The van der Waals surface area contributed by atoms with E-state index in [0.29, 0.717) is 33.2 Å². The molecule has 0 aliphatic rings. The Morgan fingerprint density at radius 2 is 1.33 bits per heavy atom. The molecule has 2 N–H and O–H groups in total. The van der Waals surface area contributed by atoms with Crippen LogP contribution < -0.4 is 0 Å². The number of aromatic nitrogens is 6. The summed E-state index contributed by atoms with van der Waals surface area (Å²) in [6.07, 6.45) is -2.24. The molecule has 0 fully saturated rings. The molecule has 0 aliphatic heterocycles. The van der Waals surface area contributed by atoms with Crippen LogP contribution in [-0.2, 0) is 26.3 Å². The van der Waals surface area contributed by atoms with Gasteiger partial charge >= 0.3 is 0 Å². The van der Waals surface area contributed by atoms with Gasteiger partial charge in [0.1, 0.15) is 18.0 Å². The lowest BCUT2D eigenvalue weighted by Gasteiger charge is -2.17. The fraction of sp³-hybridized carbons (Fsp3) is 0.273. The summed E-state index contributed by atoms with van der Waals surface area (Å²) in [4.78, 5) is 0. The number of thioether (sulfide) groups is 1. The van der Waals surface area contributed by atoms with Crippen LogP contribution in [0.2, 0.25) is 10.0 Å². The van der Waals surface area contributed by atoms with Crippen molar-refractivity contribution < 1.29 is 10.2 Å². The van der Waals surface area contributed by atoms with Crippen molar-refractivity contribution in [3.8, 4) is 0 Å². The van der Waals surface area contributed by atoms with Crippen molar-refractivity contribution in [2.45, 2.75) is 29.5 Å². The highest BCUT2D eigenvalue weighted by atomic mass is 35.5. The summed E-state index contributed by atoms with van der Waals surface area (Å²) >= 11 is 13.9. The molecule has 0 spiro atoms. The molecule has 2 aromatic heterocycles. The van der Waals surface area contributed by atoms with Gasteiger partial charge in [-0.25, -0.2) is 0 Å². The predicted octanol–water partition coefficient (Wildman–Crippen LogP) is 3.90. The molecule has 2 aromatic carbocycles. The van der Waals surface area contributed by atoms with Gasteiger partial charge in [-0.3, -0.25) is 0 Å². The molecule has 0 radical (unpaired) electrons. The number of nitrogens with zero attached hydrogens (tertiary/aromatic N) is 6. The van der Waals surface area contributed by atoms with E-state index in [9.17, 15) is 10.2 Å². The Morgan fingerprint density at radius 3 is 1.97 bits per heavy atom. The van der Waals surface area contributed by atoms with Crippen LogP contribution in [0, 0.1) is 0 Å². The second-order valence-corrected chi connectivity index (χ2v) is 9.23. The summed E-state index contributed by atoms with van der Waals surface area (Å²) in [7, 11) is 3.47. The van der Waals surface area contributed by atoms with Gasteiger partial charge in [0, 0.05) is 36.3 Å². The lowest BCUT2D eigenvalue weighted by Crippen LogP contribution is -2.18. The first-order valence-electron chi connectivity index (χ1n) is 10.1. The largest absolute Gasteiger partial charge is 0.382 e. The molecule has 0 aliphatic carbocycles. The van der Waals surface area contributed by atoms with Gasteiger partial charge in [-0.1, -0.05) is 71.4 Å². The number of aliphatic hydroxyl groups is 2. The second-order valence-electron chi connectivity index (χ2n) is 7.47. The molecule has 11 heteroatoms. The number of benzene rings is 2. The zero-order chi connectivity index (χ0) is 23.5. The molecular formula is C22H22Cl2N6O2S. The summed E-state index contributed by atoms with van der Waals surface area (Å²) in [5.41, 5.74) is 1.86. The smallest absolute Gasteiger partial charge is 0.191 e. The summed E-state index contributed by atoms with van der Waals surface area (Å²) < 4.78 is 3.30. The van der Waals surface area contributed by atoms with Crippen LogP contribution in [0.4, 0.5) is 0 Å². The van der Waals surface area contributed by atoms with Gasteiger partial charge in [-0.15, -0.1) is 20.4 Å². The van der Waals surface area contributed by atoms with Crippen molar-refractivity contribution >= 4 is 35.0 Å². The van der Waals surface area contributed by atoms with Gasteiger partial charge in [-0.2, -0.15) is 0 Å². The average molecular weight is 505 g/mol. The number of rotatable bonds is 8.